The number of hydrogen-bond acceptors (Lipinski definition) is 11. The first-order valence-corrected chi connectivity index (χ1v) is 9.40. The highest BCUT2D eigenvalue weighted by molar-refractivity contribution is 5.22. The minimum absolute atomic E-state index is 0.273. The fraction of sp³-hybridized carbons (Fsp3) is 0.632. The molecule has 0 aromatic heterocycles. The van der Waals surface area contributed by atoms with Crippen LogP contribution in [0.1, 0.15) is 11.7 Å². The molecule has 0 amide bonds. The number of benzene rings is 1. The van der Waals surface area contributed by atoms with Crippen molar-refractivity contribution in [3.8, 4) is 6.07 Å². The molecule has 11 heteroatoms. The molecule has 0 unspecified atom stereocenters. The number of aliphatic hydroxyl groups is 6. The SMILES string of the molecule is N#C[C@H](O[C@@H]1O[C@H](CO[C@@H]2OC[C@H](O)[C@H](O)[C@H]2O)[C@@H](O)[C@H](O)[C@H]1O)c1ccccc1. The lowest BCUT2D eigenvalue weighted by atomic mass is 9.99. The second kappa shape index (κ2) is 10.1. The van der Waals surface area contributed by atoms with E-state index in [0.29, 0.717) is 5.56 Å². The number of rotatable bonds is 6. The van der Waals surface area contributed by atoms with Crippen LogP contribution in [0.15, 0.2) is 30.3 Å². The van der Waals surface area contributed by atoms with E-state index in [1.165, 1.54) is 0 Å². The Morgan fingerprint density at radius 1 is 0.933 bits per heavy atom. The third-order valence-electron chi connectivity index (χ3n) is 5.04. The predicted octanol–water partition coefficient (Wildman–Crippen LogP) is -2.47. The quantitative estimate of drug-likeness (QED) is 0.283. The highest BCUT2D eigenvalue weighted by Gasteiger charge is 2.46. The highest BCUT2D eigenvalue weighted by Crippen LogP contribution is 2.28. The number of nitrogens with zero attached hydrogens (tertiary/aromatic N) is 1. The third kappa shape index (κ3) is 4.96. The summed E-state index contributed by atoms with van der Waals surface area (Å²) in [7, 11) is 0. The number of aliphatic hydroxyl groups excluding tert-OH is 6. The standard InChI is InChI=1S/C19H25NO10/c20-6-11(9-4-2-1-3-5-9)29-19-17(26)15(24)14(23)12(30-19)8-28-18-16(25)13(22)10(21)7-27-18/h1-5,10-19,21-26H,7-8H2/t10-,11-,12+,13-,14+,15-,16+,17+,18-,19+/m0/s1. The zero-order valence-electron chi connectivity index (χ0n) is 15.8. The molecule has 1 aromatic rings. The Morgan fingerprint density at radius 3 is 2.27 bits per heavy atom. The number of nitriles is 1. The first-order chi connectivity index (χ1) is 14.3. The molecule has 0 saturated carbocycles. The summed E-state index contributed by atoms with van der Waals surface area (Å²) in [5.41, 5.74) is 0.510. The molecular weight excluding hydrogens is 402 g/mol. The second-order valence-electron chi connectivity index (χ2n) is 7.15. The Balaban J connectivity index is 1.63. The fourth-order valence-electron chi connectivity index (χ4n) is 3.23. The Kier molecular flexibility index (Phi) is 7.72. The van der Waals surface area contributed by atoms with Crippen LogP contribution in [0.3, 0.4) is 0 Å². The van der Waals surface area contributed by atoms with Gasteiger partial charge in [-0.05, 0) is 5.56 Å². The van der Waals surface area contributed by atoms with Crippen molar-refractivity contribution in [3.63, 3.8) is 0 Å². The maximum Gasteiger partial charge on any atom is 0.188 e. The van der Waals surface area contributed by atoms with Gasteiger partial charge in [0.2, 0.25) is 0 Å². The summed E-state index contributed by atoms with van der Waals surface area (Å²) in [5.74, 6) is 0. The van der Waals surface area contributed by atoms with Gasteiger partial charge in [0.25, 0.3) is 0 Å². The number of ether oxygens (including phenoxy) is 4. The summed E-state index contributed by atoms with van der Waals surface area (Å²) in [5, 5.41) is 69.0. The first-order valence-electron chi connectivity index (χ1n) is 9.40. The molecule has 0 spiro atoms. The van der Waals surface area contributed by atoms with Crippen LogP contribution in [0.5, 0.6) is 0 Å². The molecule has 166 valence electrons. The van der Waals surface area contributed by atoms with E-state index in [1.54, 1.807) is 30.3 Å². The van der Waals surface area contributed by atoms with E-state index in [0.717, 1.165) is 0 Å². The minimum atomic E-state index is -1.66. The average Bonchev–Trinajstić information content (AvgIpc) is 2.76. The lowest BCUT2D eigenvalue weighted by Gasteiger charge is -2.41. The molecule has 3 rings (SSSR count). The van der Waals surface area contributed by atoms with Gasteiger partial charge in [-0.25, -0.2) is 0 Å². The Bertz CT molecular complexity index is 715. The van der Waals surface area contributed by atoms with Gasteiger partial charge in [-0.1, -0.05) is 30.3 Å². The Labute approximate surface area is 172 Å². The van der Waals surface area contributed by atoms with E-state index >= 15 is 0 Å². The van der Waals surface area contributed by atoms with Gasteiger partial charge in [0.1, 0.15) is 42.7 Å². The summed E-state index contributed by atoms with van der Waals surface area (Å²) in [4.78, 5) is 0. The van der Waals surface area contributed by atoms with E-state index in [4.69, 9.17) is 18.9 Å². The predicted molar refractivity (Wildman–Crippen MR) is 96.3 cm³/mol. The summed E-state index contributed by atoms with van der Waals surface area (Å²) in [6.45, 7) is -0.678. The van der Waals surface area contributed by atoms with Crippen LogP contribution in [-0.4, -0.2) is 99.2 Å². The van der Waals surface area contributed by atoms with Gasteiger partial charge >= 0.3 is 0 Å². The van der Waals surface area contributed by atoms with Crippen molar-refractivity contribution in [2.24, 2.45) is 0 Å². The van der Waals surface area contributed by atoms with Gasteiger partial charge in [0.05, 0.1) is 19.3 Å². The zero-order valence-corrected chi connectivity index (χ0v) is 15.8. The summed E-state index contributed by atoms with van der Waals surface area (Å²) in [6.07, 6.45) is -14.2. The summed E-state index contributed by atoms with van der Waals surface area (Å²) >= 11 is 0. The maximum absolute atomic E-state index is 10.2. The normalized spacial score (nSPS) is 40.5. The molecule has 0 aliphatic carbocycles. The molecule has 2 aliphatic heterocycles. The molecule has 1 aromatic carbocycles. The van der Waals surface area contributed by atoms with Crippen molar-refractivity contribution < 1.29 is 49.6 Å². The van der Waals surface area contributed by atoms with Gasteiger partial charge in [-0.15, -0.1) is 0 Å². The molecule has 10 atom stereocenters. The monoisotopic (exact) mass is 427 g/mol. The second-order valence-corrected chi connectivity index (χ2v) is 7.15. The molecule has 2 heterocycles. The summed E-state index contributed by atoms with van der Waals surface area (Å²) < 4.78 is 21.5. The van der Waals surface area contributed by atoms with E-state index in [1.807, 2.05) is 6.07 Å². The van der Waals surface area contributed by atoms with Crippen LogP contribution in [0.2, 0.25) is 0 Å². The lowest BCUT2D eigenvalue weighted by molar-refractivity contribution is -0.325. The largest absolute Gasteiger partial charge is 0.388 e. The number of hydrogen-bond donors (Lipinski definition) is 6. The molecule has 2 saturated heterocycles. The first kappa shape index (κ1) is 23.0. The molecule has 0 radical (unpaired) electrons. The molecule has 6 N–H and O–H groups in total. The van der Waals surface area contributed by atoms with Gasteiger partial charge in [-0.2, -0.15) is 5.26 Å². The fourth-order valence-corrected chi connectivity index (χ4v) is 3.23. The van der Waals surface area contributed by atoms with Crippen LogP contribution in [0.25, 0.3) is 0 Å². The van der Waals surface area contributed by atoms with E-state index in [-0.39, 0.29) is 6.61 Å². The van der Waals surface area contributed by atoms with Gasteiger partial charge in [0, 0.05) is 0 Å². The average molecular weight is 427 g/mol. The highest BCUT2D eigenvalue weighted by atomic mass is 16.7. The molecule has 0 bridgehead atoms. The van der Waals surface area contributed by atoms with E-state index in [2.05, 4.69) is 0 Å². The third-order valence-corrected chi connectivity index (χ3v) is 5.04. The Hall–Kier alpha value is -1.69. The minimum Gasteiger partial charge on any atom is -0.388 e. The van der Waals surface area contributed by atoms with Crippen molar-refractivity contribution >= 4 is 0 Å². The van der Waals surface area contributed by atoms with Crippen LogP contribution in [0, 0.1) is 11.3 Å². The lowest BCUT2D eigenvalue weighted by Crippen LogP contribution is -2.60. The molecular formula is C19H25NO10. The van der Waals surface area contributed by atoms with Crippen molar-refractivity contribution in [1.29, 1.82) is 5.26 Å². The van der Waals surface area contributed by atoms with Gasteiger partial charge in [-0.3, -0.25) is 0 Å². The summed E-state index contributed by atoms with van der Waals surface area (Å²) in [6, 6.07) is 10.4. The van der Waals surface area contributed by atoms with Crippen molar-refractivity contribution in [3.05, 3.63) is 35.9 Å². The van der Waals surface area contributed by atoms with Crippen LogP contribution in [-0.2, 0) is 18.9 Å². The van der Waals surface area contributed by atoms with Gasteiger partial charge < -0.3 is 49.6 Å². The van der Waals surface area contributed by atoms with E-state index in [9.17, 15) is 35.9 Å². The van der Waals surface area contributed by atoms with Crippen LogP contribution < -0.4 is 0 Å². The molecule has 2 aliphatic rings. The zero-order chi connectivity index (χ0) is 21.8. The molecule has 11 nitrogen and oxygen atoms in total. The van der Waals surface area contributed by atoms with Crippen molar-refractivity contribution in [1.82, 2.24) is 0 Å². The Morgan fingerprint density at radius 2 is 1.60 bits per heavy atom. The van der Waals surface area contributed by atoms with Crippen molar-refractivity contribution in [2.45, 2.75) is 61.4 Å². The topological polar surface area (TPSA) is 182 Å². The maximum atomic E-state index is 10.2. The smallest absolute Gasteiger partial charge is 0.188 e. The van der Waals surface area contributed by atoms with Gasteiger partial charge in [0.15, 0.2) is 18.7 Å². The van der Waals surface area contributed by atoms with E-state index < -0.39 is 68.0 Å². The molecule has 30 heavy (non-hydrogen) atoms. The van der Waals surface area contributed by atoms with Crippen LogP contribution >= 0.6 is 0 Å². The molecule has 2 fully saturated rings. The van der Waals surface area contributed by atoms with Crippen molar-refractivity contribution in [2.75, 3.05) is 13.2 Å². The van der Waals surface area contributed by atoms with Crippen LogP contribution in [0.4, 0.5) is 0 Å².